The van der Waals surface area contributed by atoms with E-state index >= 15 is 0 Å². The number of rotatable bonds is 1. The fourth-order valence-electron chi connectivity index (χ4n) is 0.736. The monoisotopic (exact) mass is 168 g/mol. The normalized spacial score (nSPS) is 10.2. The van der Waals surface area contributed by atoms with Crippen molar-refractivity contribution < 1.29 is 4.42 Å². The predicted octanol–water partition coefficient (Wildman–Crippen LogP) is 1.09. The molecule has 0 radical (unpaired) electrons. The number of aromatic nitrogens is 2. The summed E-state index contributed by atoms with van der Waals surface area (Å²) in [7, 11) is 0. The van der Waals surface area contributed by atoms with Gasteiger partial charge in [0, 0.05) is 0 Å². The Morgan fingerprint density at radius 1 is 1.64 bits per heavy atom. The van der Waals surface area contributed by atoms with Crippen molar-refractivity contribution in [1.82, 2.24) is 10.2 Å². The van der Waals surface area contributed by atoms with Crippen LogP contribution in [0.5, 0.6) is 0 Å². The molecule has 0 saturated carbocycles. The average Bonchev–Trinajstić information content (AvgIpc) is 2.55. The van der Waals surface area contributed by atoms with Gasteiger partial charge in [-0.2, -0.15) is 5.10 Å². The molecule has 0 bridgehead atoms. The second-order valence-corrected chi connectivity index (χ2v) is 2.86. The smallest absolute Gasteiger partial charge is 0.322 e. The molecule has 0 spiro atoms. The highest BCUT2D eigenvalue weighted by Gasteiger charge is 2.04. The number of aromatic amines is 1. The first kappa shape index (κ1) is 6.36. The number of furan rings is 1. The first-order valence-electron chi connectivity index (χ1n) is 2.95. The van der Waals surface area contributed by atoms with Crippen molar-refractivity contribution >= 4 is 11.3 Å². The molecule has 0 aliphatic carbocycles. The Morgan fingerprint density at radius 3 is 3.09 bits per heavy atom. The Kier molecular flexibility index (Phi) is 1.36. The molecular weight excluding hydrogens is 164 g/mol. The molecule has 0 amide bonds. The van der Waals surface area contributed by atoms with Crippen molar-refractivity contribution in [2.75, 3.05) is 0 Å². The van der Waals surface area contributed by atoms with E-state index in [4.69, 9.17) is 4.42 Å². The van der Waals surface area contributed by atoms with Crippen LogP contribution in [0.1, 0.15) is 0 Å². The Morgan fingerprint density at radius 2 is 2.55 bits per heavy atom. The van der Waals surface area contributed by atoms with Gasteiger partial charge in [-0.05, 0) is 23.5 Å². The summed E-state index contributed by atoms with van der Waals surface area (Å²) >= 11 is 1.03. The van der Waals surface area contributed by atoms with Crippen LogP contribution in [0.25, 0.3) is 10.8 Å². The Hall–Kier alpha value is -1.36. The lowest BCUT2D eigenvalue weighted by molar-refractivity contribution is 0.581. The van der Waals surface area contributed by atoms with Crippen molar-refractivity contribution in [3.8, 4) is 10.8 Å². The number of hydrogen-bond donors (Lipinski definition) is 1. The summed E-state index contributed by atoms with van der Waals surface area (Å²) in [5, 5.41) is 6.64. The van der Waals surface area contributed by atoms with Gasteiger partial charge in [0.15, 0.2) is 10.8 Å². The second kappa shape index (κ2) is 2.35. The van der Waals surface area contributed by atoms with Crippen molar-refractivity contribution in [3.63, 3.8) is 0 Å². The first-order chi connectivity index (χ1) is 5.36. The minimum atomic E-state index is -0.170. The largest absolute Gasteiger partial charge is 0.462 e. The molecule has 4 nitrogen and oxygen atoms in total. The number of nitrogens with one attached hydrogen (secondary N) is 1. The van der Waals surface area contributed by atoms with Gasteiger partial charge in [-0.1, -0.05) is 0 Å². The van der Waals surface area contributed by atoms with E-state index in [0.717, 1.165) is 11.3 Å². The van der Waals surface area contributed by atoms with E-state index in [9.17, 15) is 4.79 Å². The highest BCUT2D eigenvalue weighted by Crippen LogP contribution is 2.17. The number of hydrogen-bond acceptors (Lipinski definition) is 4. The van der Waals surface area contributed by atoms with E-state index in [1.807, 2.05) is 0 Å². The molecular formula is C6H4N2O2S. The van der Waals surface area contributed by atoms with Crippen LogP contribution < -0.4 is 4.87 Å². The lowest BCUT2D eigenvalue weighted by Crippen LogP contribution is -1.90. The molecule has 0 fully saturated rings. The number of nitrogens with zero attached hydrogens (tertiary/aromatic N) is 1. The summed E-state index contributed by atoms with van der Waals surface area (Å²) in [6.45, 7) is 0. The molecule has 0 aromatic carbocycles. The van der Waals surface area contributed by atoms with Crippen LogP contribution in [-0.4, -0.2) is 10.2 Å². The molecule has 2 aromatic rings. The van der Waals surface area contributed by atoms with Crippen molar-refractivity contribution in [2.24, 2.45) is 0 Å². The van der Waals surface area contributed by atoms with E-state index in [-0.39, 0.29) is 4.87 Å². The van der Waals surface area contributed by atoms with E-state index in [2.05, 4.69) is 10.2 Å². The van der Waals surface area contributed by atoms with Gasteiger partial charge < -0.3 is 4.42 Å². The molecule has 0 saturated heterocycles. The van der Waals surface area contributed by atoms with Crippen molar-refractivity contribution in [3.05, 3.63) is 28.1 Å². The molecule has 2 rings (SSSR count). The van der Waals surface area contributed by atoms with Crippen LogP contribution >= 0.6 is 11.3 Å². The molecule has 5 heteroatoms. The zero-order valence-corrected chi connectivity index (χ0v) is 6.22. The maximum atomic E-state index is 10.6. The lowest BCUT2D eigenvalue weighted by atomic mass is 10.5. The average molecular weight is 168 g/mol. The summed E-state index contributed by atoms with van der Waals surface area (Å²) in [6.07, 6.45) is 1.54. The highest BCUT2D eigenvalue weighted by molar-refractivity contribution is 7.12. The summed E-state index contributed by atoms with van der Waals surface area (Å²) in [4.78, 5) is 10.5. The highest BCUT2D eigenvalue weighted by atomic mass is 32.1. The van der Waals surface area contributed by atoms with Crippen LogP contribution in [0, 0.1) is 0 Å². The van der Waals surface area contributed by atoms with Crippen molar-refractivity contribution in [2.45, 2.75) is 0 Å². The summed E-state index contributed by atoms with van der Waals surface area (Å²) in [5.74, 6) is 0.619. The van der Waals surface area contributed by atoms with Crippen LogP contribution in [0.2, 0.25) is 0 Å². The van der Waals surface area contributed by atoms with E-state index in [1.54, 1.807) is 18.4 Å². The minimum absolute atomic E-state index is 0.170. The minimum Gasteiger partial charge on any atom is -0.462 e. The summed E-state index contributed by atoms with van der Waals surface area (Å²) < 4.78 is 5.02. The molecule has 2 heterocycles. The van der Waals surface area contributed by atoms with Gasteiger partial charge in [0.2, 0.25) is 0 Å². The SMILES string of the molecule is O=c1[nH]nc(-c2ccco2)s1. The van der Waals surface area contributed by atoms with Gasteiger partial charge >= 0.3 is 4.87 Å². The fourth-order valence-corrected chi connectivity index (χ4v) is 1.31. The van der Waals surface area contributed by atoms with Crippen LogP contribution in [0.15, 0.2) is 27.6 Å². The van der Waals surface area contributed by atoms with E-state index in [0.29, 0.717) is 10.8 Å². The van der Waals surface area contributed by atoms with Gasteiger partial charge in [-0.3, -0.25) is 4.79 Å². The fraction of sp³-hybridized carbons (Fsp3) is 0. The molecule has 0 atom stereocenters. The third kappa shape index (κ3) is 1.10. The predicted molar refractivity (Wildman–Crippen MR) is 40.4 cm³/mol. The van der Waals surface area contributed by atoms with Gasteiger partial charge in [-0.15, -0.1) is 0 Å². The van der Waals surface area contributed by atoms with Crippen LogP contribution in [-0.2, 0) is 0 Å². The van der Waals surface area contributed by atoms with Gasteiger partial charge in [-0.25, -0.2) is 5.10 Å². The Bertz CT molecular complexity index is 387. The molecule has 0 aliphatic heterocycles. The first-order valence-corrected chi connectivity index (χ1v) is 3.77. The van der Waals surface area contributed by atoms with Crippen LogP contribution in [0.4, 0.5) is 0 Å². The van der Waals surface area contributed by atoms with E-state index < -0.39 is 0 Å². The molecule has 0 aliphatic rings. The zero-order chi connectivity index (χ0) is 7.68. The second-order valence-electron chi connectivity index (χ2n) is 1.90. The molecule has 56 valence electrons. The molecule has 2 aromatic heterocycles. The summed E-state index contributed by atoms with van der Waals surface area (Å²) in [6, 6.07) is 3.51. The third-order valence-electron chi connectivity index (χ3n) is 1.17. The molecule has 11 heavy (non-hydrogen) atoms. The van der Waals surface area contributed by atoms with Gasteiger partial charge in [0.1, 0.15) is 0 Å². The summed E-state index contributed by atoms with van der Waals surface area (Å²) in [5.41, 5.74) is 0. The van der Waals surface area contributed by atoms with Gasteiger partial charge in [0.05, 0.1) is 6.26 Å². The van der Waals surface area contributed by atoms with Gasteiger partial charge in [0.25, 0.3) is 0 Å². The Labute approximate surface area is 65.5 Å². The topological polar surface area (TPSA) is 58.9 Å². The van der Waals surface area contributed by atoms with Crippen LogP contribution in [0.3, 0.4) is 0 Å². The maximum Gasteiger partial charge on any atom is 0.322 e. The number of H-pyrrole nitrogens is 1. The quantitative estimate of drug-likeness (QED) is 0.693. The maximum absolute atomic E-state index is 10.6. The third-order valence-corrected chi connectivity index (χ3v) is 1.93. The standard InChI is InChI=1S/C6H4N2O2S/c9-6-8-7-5(11-6)4-2-1-3-10-4/h1-3H,(H,8,9). The molecule has 0 unspecified atom stereocenters. The van der Waals surface area contributed by atoms with E-state index in [1.165, 1.54) is 0 Å². The molecule has 1 N–H and O–H groups in total. The van der Waals surface area contributed by atoms with Crippen molar-refractivity contribution in [1.29, 1.82) is 0 Å². The zero-order valence-electron chi connectivity index (χ0n) is 5.40. The lowest BCUT2D eigenvalue weighted by Gasteiger charge is -1.81. The Balaban J connectivity index is 2.53.